The van der Waals surface area contributed by atoms with Gasteiger partial charge in [0.2, 0.25) is 10.0 Å². The molecular weight excluding hydrogens is 436 g/mol. The van der Waals surface area contributed by atoms with Gasteiger partial charge >= 0.3 is 0 Å². The number of aromatic nitrogens is 2. The van der Waals surface area contributed by atoms with Gasteiger partial charge in [-0.1, -0.05) is 0 Å². The van der Waals surface area contributed by atoms with Crippen LogP contribution in [-0.4, -0.2) is 66.6 Å². The van der Waals surface area contributed by atoms with Gasteiger partial charge < -0.3 is 9.64 Å². The predicted octanol–water partition coefficient (Wildman–Crippen LogP) is 1.73. The van der Waals surface area contributed by atoms with E-state index < -0.39 is 10.0 Å². The molecule has 3 rings (SSSR count). The van der Waals surface area contributed by atoms with E-state index in [-0.39, 0.29) is 17.3 Å². The molecule has 146 valence electrons. The highest BCUT2D eigenvalue weighted by Gasteiger charge is 2.30. The van der Waals surface area contributed by atoms with Crippen molar-refractivity contribution in [3.05, 3.63) is 40.6 Å². The molecule has 1 aliphatic rings. The number of rotatable bonds is 4. The van der Waals surface area contributed by atoms with Gasteiger partial charge in [-0.25, -0.2) is 8.42 Å². The Morgan fingerprint density at radius 3 is 2.67 bits per heavy atom. The van der Waals surface area contributed by atoms with E-state index in [1.54, 1.807) is 37.3 Å². The van der Waals surface area contributed by atoms with Crippen LogP contribution in [0.2, 0.25) is 0 Å². The van der Waals surface area contributed by atoms with Crippen LogP contribution in [0.3, 0.4) is 0 Å². The van der Waals surface area contributed by atoms with Crippen LogP contribution in [0.4, 0.5) is 0 Å². The fourth-order valence-electron chi connectivity index (χ4n) is 2.98. The van der Waals surface area contributed by atoms with Gasteiger partial charge in [0.25, 0.3) is 5.91 Å². The molecule has 2 heterocycles. The van der Waals surface area contributed by atoms with E-state index >= 15 is 0 Å². The van der Waals surface area contributed by atoms with Crippen LogP contribution < -0.4 is 4.74 Å². The Morgan fingerprint density at radius 2 is 2.00 bits per heavy atom. The van der Waals surface area contributed by atoms with Crippen molar-refractivity contribution in [2.75, 3.05) is 33.3 Å². The molecule has 1 aromatic heterocycles. The first kappa shape index (κ1) is 19.8. The highest BCUT2D eigenvalue weighted by atomic mass is 79.9. The first-order chi connectivity index (χ1) is 12.8. The Labute approximate surface area is 166 Å². The third-order valence-corrected chi connectivity index (χ3v) is 7.01. The number of hydrogen-bond donors (Lipinski definition) is 0. The average molecular weight is 457 g/mol. The monoisotopic (exact) mass is 456 g/mol. The van der Waals surface area contributed by atoms with Crippen molar-refractivity contribution in [2.45, 2.75) is 11.3 Å². The van der Waals surface area contributed by atoms with Crippen LogP contribution in [0.25, 0.3) is 0 Å². The molecule has 0 N–H and O–H groups in total. The molecule has 1 saturated heterocycles. The zero-order chi connectivity index (χ0) is 19.6. The molecule has 27 heavy (non-hydrogen) atoms. The molecule has 8 nitrogen and oxygen atoms in total. The summed E-state index contributed by atoms with van der Waals surface area (Å²) in [6.07, 6.45) is 3.39. The van der Waals surface area contributed by atoms with Gasteiger partial charge in [0.1, 0.15) is 10.6 Å². The van der Waals surface area contributed by atoms with E-state index in [9.17, 15) is 13.2 Å². The summed E-state index contributed by atoms with van der Waals surface area (Å²) in [6.45, 7) is 1.41. The van der Waals surface area contributed by atoms with Crippen molar-refractivity contribution in [3.8, 4) is 5.75 Å². The van der Waals surface area contributed by atoms with E-state index in [2.05, 4.69) is 21.0 Å². The van der Waals surface area contributed by atoms with Gasteiger partial charge in [-0.2, -0.15) is 9.40 Å². The lowest BCUT2D eigenvalue weighted by atomic mass is 10.2. The van der Waals surface area contributed by atoms with Crippen LogP contribution in [0, 0.1) is 0 Å². The summed E-state index contributed by atoms with van der Waals surface area (Å²) < 4.78 is 34.3. The van der Waals surface area contributed by atoms with Crippen molar-refractivity contribution in [3.63, 3.8) is 0 Å². The molecule has 1 fully saturated rings. The van der Waals surface area contributed by atoms with Crippen LogP contribution in [0.15, 0.2) is 40.0 Å². The highest BCUT2D eigenvalue weighted by molar-refractivity contribution is 9.10. The number of benzene rings is 1. The molecule has 0 atom stereocenters. The Bertz CT molecular complexity index is 944. The molecule has 1 aromatic carbocycles. The average Bonchev–Trinajstić information content (AvgIpc) is 2.94. The summed E-state index contributed by atoms with van der Waals surface area (Å²) >= 11 is 3.40. The Hall–Kier alpha value is -1.91. The molecule has 1 aliphatic heterocycles. The maximum Gasteiger partial charge on any atom is 0.255 e. The highest BCUT2D eigenvalue weighted by Crippen LogP contribution is 2.25. The zero-order valence-electron chi connectivity index (χ0n) is 15.1. The number of amides is 1. The first-order valence-corrected chi connectivity index (χ1v) is 10.7. The molecule has 2 aromatic rings. The van der Waals surface area contributed by atoms with Crippen molar-refractivity contribution >= 4 is 31.9 Å². The summed E-state index contributed by atoms with van der Waals surface area (Å²) in [7, 11) is -0.394. The number of methoxy groups -OCH3 is 1. The summed E-state index contributed by atoms with van der Waals surface area (Å²) in [4.78, 5) is 14.8. The van der Waals surface area contributed by atoms with Crippen LogP contribution in [-0.2, 0) is 17.1 Å². The minimum absolute atomic E-state index is 0.151. The van der Waals surface area contributed by atoms with E-state index in [0.29, 0.717) is 41.8 Å². The van der Waals surface area contributed by atoms with Crippen molar-refractivity contribution in [1.82, 2.24) is 19.0 Å². The Kier molecular flexibility index (Phi) is 5.87. The molecule has 0 radical (unpaired) electrons. The standard InChI is InChI=1S/C17H21BrN4O4S/c1-20-12-14(11-19-20)27(24,25)22-7-3-6-21(8-9-22)17(23)15-10-13(26-2)4-5-16(15)18/h4-5,10-12H,3,6-9H2,1-2H3. The fraction of sp³-hybridized carbons (Fsp3) is 0.412. The number of halogens is 1. The van der Waals surface area contributed by atoms with Crippen LogP contribution >= 0.6 is 15.9 Å². The summed E-state index contributed by atoms with van der Waals surface area (Å²) in [5.74, 6) is 0.443. The van der Waals surface area contributed by atoms with E-state index in [4.69, 9.17) is 4.74 Å². The number of hydrogen-bond acceptors (Lipinski definition) is 5. The molecule has 0 saturated carbocycles. The van der Waals surface area contributed by atoms with Crippen LogP contribution in [0.1, 0.15) is 16.8 Å². The summed E-state index contributed by atoms with van der Waals surface area (Å²) in [5.41, 5.74) is 0.498. The lowest BCUT2D eigenvalue weighted by Gasteiger charge is -2.22. The molecule has 1 amide bonds. The Morgan fingerprint density at radius 1 is 1.22 bits per heavy atom. The minimum atomic E-state index is -3.61. The second-order valence-corrected chi connectivity index (χ2v) is 9.04. The number of sulfonamides is 1. The van der Waals surface area contributed by atoms with Crippen molar-refractivity contribution in [2.24, 2.45) is 7.05 Å². The molecule has 10 heteroatoms. The van der Waals surface area contributed by atoms with Crippen LogP contribution in [0.5, 0.6) is 5.75 Å². The zero-order valence-corrected chi connectivity index (χ0v) is 17.5. The number of nitrogens with zero attached hydrogens (tertiary/aromatic N) is 4. The normalized spacial score (nSPS) is 16.2. The summed E-state index contributed by atoms with van der Waals surface area (Å²) in [5, 5.41) is 3.94. The molecule has 0 spiro atoms. The van der Waals surface area contributed by atoms with Gasteiger partial charge in [-0.05, 0) is 40.5 Å². The minimum Gasteiger partial charge on any atom is -0.497 e. The molecule has 0 bridgehead atoms. The van der Waals surface area contributed by atoms with E-state index in [0.717, 1.165) is 0 Å². The fourth-order valence-corrected chi connectivity index (χ4v) is 4.86. The third-order valence-electron chi connectivity index (χ3n) is 4.46. The maximum absolute atomic E-state index is 12.9. The Balaban J connectivity index is 1.76. The third kappa shape index (κ3) is 4.17. The van der Waals surface area contributed by atoms with E-state index in [1.807, 2.05) is 0 Å². The molecule has 0 aliphatic carbocycles. The second kappa shape index (κ2) is 7.99. The number of ether oxygens (including phenoxy) is 1. The quantitative estimate of drug-likeness (QED) is 0.699. The predicted molar refractivity (Wildman–Crippen MR) is 103 cm³/mol. The maximum atomic E-state index is 12.9. The molecular formula is C17H21BrN4O4S. The van der Waals surface area contributed by atoms with Crippen molar-refractivity contribution in [1.29, 1.82) is 0 Å². The summed E-state index contributed by atoms with van der Waals surface area (Å²) in [6, 6.07) is 5.22. The van der Waals surface area contributed by atoms with Gasteiger partial charge in [-0.15, -0.1) is 0 Å². The largest absolute Gasteiger partial charge is 0.497 e. The topological polar surface area (TPSA) is 84.7 Å². The number of carbonyl (C=O) groups excluding carboxylic acids is 1. The van der Waals surface area contributed by atoms with Gasteiger partial charge in [0.05, 0.1) is 18.9 Å². The molecule has 0 unspecified atom stereocenters. The second-order valence-electron chi connectivity index (χ2n) is 6.25. The van der Waals surface area contributed by atoms with Crippen molar-refractivity contribution < 1.29 is 17.9 Å². The number of carbonyl (C=O) groups is 1. The lowest BCUT2D eigenvalue weighted by Crippen LogP contribution is -2.37. The lowest BCUT2D eigenvalue weighted by molar-refractivity contribution is 0.0763. The smallest absolute Gasteiger partial charge is 0.255 e. The van der Waals surface area contributed by atoms with Gasteiger partial charge in [0.15, 0.2) is 0 Å². The van der Waals surface area contributed by atoms with Gasteiger partial charge in [-0.3, -0.25) is 9.48 Å². The van der Waals surface area contributed by atoms with E-state index in [1.165, 1.54) is 21.4 Å². The first-order valence-electron chi connectivity index (χ1n) is 8.44. The van der Waals surface area contributed by atoms with Gasteiger partial charge in [0, 0.05) is 43.9 Å². The SMILES string of the molecule is COc1ccc(Br)c(C(=O)N2CCCN(S(=O)(=O)c3cnn(C)c3)CC2)c1. The number of aryl methyl sites for hydroxylation is 1.